The summed E-state index contributed by atoms with van der Waals surface area (Å²) in [5, 5.41) is 10.7. The van der Waals surface area contributed by atoms with Gasteiger partial charge in [0.05, 0.1) is 0 Å². The van der Waals surface area contributed by atoms with Crippen molar-refractivity contribution in [2.75, 3.05) is 13.7 Å². The zero-order valence-corrected chi connectivity index (χ0v) is 8.36. The number of amides is 2. The van der Waals surface area contributed by atoms with E-state index in [2.05, 4.69) is 10.1 Å². The van der Waals surface area contributed by atoms with E-state index in [1.54, 1.807) is 0 Å². The van der Waals surface area contributed by atoms with E-state index >= 15 is 0 Å². The maximum absolute atomic E-state index is 11.0. The Kier molecular flexibility index (Phi) is 6.03. The largest absolute Gasteiger partial charge is 0.481 e. The molecule has 7 heteroatoms. The maximum atomic E-state index is 11.0. The average Bonchev–Trinajstić information content (AvgIpc) is 2.11. The first kappa shape index (κ1) is 13.4. The Morgan fingerprint density at radius 3 is 2.47 bits per heavy atom. The molecule has 0 aliphatic heterocycles. The smallest absolute Gasteiger partial charge is 0.303 e. The molecule has 0 aliphatic carbocycles. The van der Waals surface area contributed by atoms with Gasteiger partial charge >= 0.3 is 5.97 Å². The van der Waals surface area contributed by atoms with Crippen molar-refractivity contribution in [2.45, 2.75) is 18.9 Å². The molecule has 0 saturated carbocycles. The summed E-state index contributed by atoms with van der Waals surface area (Å²) in [5.74, 6) is -2.32. The van der Waals surface area contributed by atoms with E-state index in [4.69, 9.17) is 10.8 Å². The highest BCUT2D eigenvalue weighted by atomic mass is 16.5. The Balaban J connectivity index is 4.10. The van der Waals surface area contributed by atoms with Gasteiger partial charge in [-0.25, -0.2) is 0 Å². The van der Waals surface area contributed by atoms with Crippen molar-refractivity contribution in [1.82, 2.24) is 5.32 Å². The normalized spacial score (nSPS) is 11.8. The summed E-state index contributed by atoms with van der Waals surface area (Å²) < 4.78 is 4.53. The summed E-state index contributed by atoms with van der Waals surface area (Å²) in [4.78, 5) is 32.1. The van der Waals surface area contributed by atoms with E-state index in [0.717, 1.165) is 0 Å². The molecule has 0 aliphatic rings. The number of ether oxygens (including phenoxy) is 1. The summed E-state index contributed by atoms with van der Waals surface area (Å²) in [5.41, 5.74) is 4.98. The van der Waals surface area contributed by atoms with E-state index in [0.29, 0.717) is 0 Å². The fourth-order valence-corrected chi connectivity index (χ4v) is 0.920. The number of nitrogens with one attached hydrogen (secondary N) is 1. The lowest BCUT2D eigenvalue weighted by molar-refractivity contribution is -0.138. The van der Waals surface area contributed by atoms with Gasteiger partial charge in [-0.3, -0.25) is 14.4 Å². The highest BCUT2D eigenvalue weighted by Crippen LogP contribution is 1.96. The zero-order chi connectivity index (χ0) is 11.8. The highest BCUT2D eigenvalue weighted by molar-refractivity contribution is 5.87. The number of methoxy groups -OCH3 is 1. The van der Waals surface area contributed by atoms with E-state index in [1.165, 1.54) is 7.11 Å². The minimum Gasteiger partial charge on any atom is -0.481 e. The van der Waals surface area contributed by atoms with Gasteiger partial charge in [-0.05, 0) is 6.42 Å². The molecule has 0 aromatic heterocycles. The molecule has 4 N–H and O–H groups in total. The Morgan fingerprint density at radius 2 is 2.07 bits per heavy atom. The first-order valence-corrected chi connectivity index (χ1v) is 4.26. The van der Waals surface area contributed by atoms with Crippen LogP contribution >= 0.6 is 0 Å². The fraction of sp³-hybridized carbons (Fsp3) is 0.625. The molecule has 0 radical (unpaired) electrons. The second-order valence-electron chi connectivity index (χ2n) is 2.89. The molecule has 7 nitrogen and oxygen atoms in total. The van der Waals surface area contributed by atoms with E-state index < -0.39 is 23.8 Å². The van der Waals surface area contributed by atoms with Gasteiger partial charge in [0.25, 0.3) is 0 Å². The minimum absolute atomic E-state index is 0.0277. The van der Waals surface area contributed by atoms with Crippen molar-refractivity contribution in [3.63, 3.8) is 0 Å². The summed E-state index contributed by atoms with van der Waals surface area (Å²) in [6, 6.07) is -0.969. The first-order chi connectivity index (χ1) is 6.97. The van der Waals surface area contributed by atoms with Crippen LogP contribution < -0.4 is 11.1 Å². The number of nitrogens with two attached hydrogens (primary N) is 1. The van der Waals surface area contributed by atoms with Gasteiger partial charge < -0.3 is 20.9 Å². The molecule has 0 unspecified atom stereocenters. The van der Waals surface area contributed by atoms with Crippen LogP contribution in [0.5, 0.6) is 0 Å². The van der Waals surface area contributed by atoms with Gasteiger partial charge in [0, 0.05) is 13.5 Å². The molecule has 1 atom stereocenters. The van der Waals surface area contributed by atoms with E-state index in [1.807, 2.05) is 0 Å². The van der Waals surface area contributed by atoms with Crippen LogP contribution in [0.2, 0.25) is 0 Å². The van der Waals surface area contributed by atoms with Crippen LogP contribution in [0.4, 0.5) is 0 Å². The third kappa shape index (κ3) is 6.44. The summed E-state index contributed by atoms with van der Waals surface area (Å²) in [6.07, 6.45) is -0.263. The fourth-order valence-electron chi connectivity index (χ4n) is 0.920. The van der Waals surface area contributed by atoms with Gasteiger partial charge in [-0.15, -0.1) is 0 Å². The third-order valence-electron chi connectivity index (χ3n) is 1.60. The number of aliphatic carboxylic acids is 1. The Morgan fingerprint density at radius 1 is 1.47 bits per heavy atom. The Hall–Kier alpha value is -1.63. The highest BCUT2D eigenvalue weighted by Gasteiger charge is 2.18. The van der Waals surface area contributed by atoms with Crippen molar-refractivity contribution in [1.29, 1.82) is 0 Å². The molecular weight excluding hydrogens is 204 g/mol. The average molecular weight is 218 g/mol. The van der Waals surface area contributed by atoms with Crippen LogP contribution in [0.3, 0.4) is 0 Å². The van der Waals surface area contributed by atoms with Crippen molar-refractivity contribution in [3.8, 4) is 0 Å². The molecule has 0 bridgehead atoms. The number of carbonyl (C=O) groups excluding carboxylic acids is 2. The van der Waals surface area contributed by atoms with Crippen LogP contribution in [0.25, 0.3) is 0 Å². The quantitative estimate of drug-likeness (QED) is 0.479. The lowest BCUT2D eigenvalue weighted by atomic mass is 10.1. The summed E-state index contributed by atoms with van der Waals surface area (Å²) in [6.45, 7) is -0.198. The van der Waals surface area contributed by atoms with Gasteiger partial charge in [0.2, 0.25) is 11.8 Å². The number of carboxylic acids is 1. The molecule has 0 aromatic rings. The number of primary amides is 1. The van der Waals surface area contributed by atoms with Gasteiger partial charge in [-0.2, -0.15) is 0 Å². The molecule has 0 aromatic carbocycles. The van der Waals surface area contributed by atoms with Crippen LogP contribution in [0, 0.1) is 0 Å². The number of hydrogen-bond donors (Lipinski definition) is 3. The standard InChI is InChI=1S/C8H14N2O5/c1-15-4-6(11)10-5(8(9)14)2-3-7(12)13/h5H,2-4H2,1H3,(H2,9,14)(H,10,11)(H,12,13)/t5-/m1/s1. The second-order valence-corrected chi connectivity index (χ2v) is 2.89. The predicted molar refractivity (Wildman–Crippen MR) is 49.9 cm³/mol. The summed E-state index contributed by atoms with van der Waals surface area (Å²) >= 11 is 0. The van der Waals surface area contributed by atoms with Crippen LogP contribution in [-0.2, 0) is 19.1 Å². The van der Waals surface area contributed by atoms with E-state index in [9.17, 15) is 14.4 Å². The Bertz CT molecular complexity index is 253. The molecule has 0 rings (SSSR count). The van der Waals surface area contributed by atoms with Crippen LogP contribution in [0.1, 0.15) is 12.8 Å². The summed E-state index contributed by atoms with van der Waals surface area (Å²) in [7, 11) is 1.33. The number of hydrogen-bond acceptors (Lipinski definition) is 4. The van der Waals surface area contributed by atoms with E-state index in [-0.39, 0.29) is 19.4 Å². The van der Waals surface area contributed by atoms with Crippen molar-refractivity contribution >= 4 is 17.8 Å². The van der Waals surface area contributed by atoms with Crippen molar-refractivity contribution in [3.05, 3.63) is 0 Å². The first-order valence-electron chi connectivity index (χ1n) is 4.26. The van der Waals surface area contributed by atoms with Gasteiger partial charge in [-0.1, -0.05) is 0 Å². The van der Waals surface area contributed by atoms with Gasteiger partial charge in [0.15, 0.2) is 0 Å². The monoisotopic (exact) mass is 218 g/mol. The second kappa shape index (κ2) is 6.77. The van der Waals surface area contributed by atoms with Gasteiger partial charge in [0.1, 0.15) is 12.6 Å². The molecule has 86 valence electrons. The van der Waals surface area contributed by atoms with Crippen LogP contribution in [0.15, 0.2) is 0 Å². The molecule has 2 amide bonds. The number of carboxylic acid groups (broad SMARTS) is 1. The topological polar surface area (TPSA) is 119 Å². The van der Waals surface area contributed by atoms with Crippen molar-refractivity contribution < 1.29 is 24.2 Å². The minimum atomic E-state index is -1.05. The number of rotatable bonds is 7. The molecule has 0 heterocycles. The molecule has 0 fully saturated rings. The lowest BCUT2D eigenvalue weighted by Crippen LogP contribution is -2.45. The lowest BCUT2D eigenvalue weighted by Gasteiger charge is -2.13. The predicted octanol–water partition coefficient (Wildman–Crippen LogP) is -1.53. The zero-order valence-electron chi connectivity index (χ0n) is 8.36. The molecule has 15 heavy (non-hydrogen) atoms. The number of carbonyl (C=O) groups is 3. The maximum Gasteiger partial charge on any atom is 0.303 e. The third-order valence-corrected chi connectivity index (χ3v) is 1.60. The molecule has 0 saturated heterocycles. The van der Waals surface area contributed by atoms with Crippen LogP contribution in [-0.4, -0.2) is 42.6 Å². The Labute approximate surface area is 86.6 Å². The van der Waals surface area contributed by atoms with Crippen molar-refractivity contribution in [2.24, 2.45) is 5.73 Å². The molecule has 0 spiro atoms. The SMILES string of the molecule is COCC(=O)N[C@H](CCC(=O)O)C(N)=O. The molecular formula is C8H14N2O5.